The van der Waals surface area contributed by atoms with Crippen LogP contribution in [0.1, 0.15) is 11.1 Å². The van der Waals surface area contributed by atoms with Gasteiger partial charge in [0.1, 0.15) is 6.61 Å². The summed E-state index contributed by atoms with van der Waals surface area (Å²) in [7, 11) is 0. The van der Waals surface area contributed by atoms with Gasteiger partial charge in [0, 0.05) is 0 Å². The number of para-hydroxylation sites is 1. The van der Waals surface area contributed by atoms with Crippen LogP contribution in [-0.4, -0.2) is 6.21 Å². The number of nitrogens with zero attached hydrogens (tertiary/aromatic N) is 1. The first-order chi connectivity index (χ1) is 12.6. The number of benzene rings is 3. The molecule has 0 amide bonds. The number of ether oxygens (including phenoxy) is 1. The number of rotatable bonds is 6. The highest BCUT2D eigenvalue weighted by atomic mass is 19.2. The van der Waals surface area contributed by atoms with E-state index < -0.39 is 17.5 Å². The monoisotopic (exact) mass is 356 g/mol. The second kappa shape index (κ2) is 8.20. The maximum absolute atomic E-state index is 14.1. The average Bonchev–Trinajstić information content (AvgIpc) is 2.65. The molecule has 3 aromatic carbocycles. The molecule has 3 nitrogen and oxygen atoms in total. The second-order valence-electron chi connectivity index (χ2n) is 5.46. The fraction of sp³-hybridized carbons (Fsp3) is 0.0500. The molecule has 0 fully saturated rings. The topological polar surface area (TPSA) is 33.6 Å². The third-order valence-electron chi connectivity index (χ3n) is 3.52. The van der Waals surface area contributed by atoms with Crippen LogP contribution in [-0.2, 0) is 6.61 Å². The van der Waals surface area contributed by atoms with Gasteiger partial charge in [-0.15, -0.1) is 0 Å². The van der Waals surface area contributed by atoms with Crippen LogP contribution >= 0.6 is 0 Å². The molecule has 0 heterocycles. The first-order valence-corrected chi connectivity index (χ1v) is 7.82. The lowest BCUT2D eigenvalue weighted by molar-refractivity contribution is 0.289. The maximum Gasteiger partial charge on any atom is 0.165 e. The van der Waals surface area contributed by atoms with Gasteiger partial charge >= 0.3 is 0 Å². The number of hydrogen-bond acceptors (Lipinski definition) is 3. The van der Waals surface area contributed by atoms with Crippen molar-refractivity contribution >= 4 is 11.9 Å². The van der Waals surface area contributed by atoms with E-state index in [0.717, 1.165) is 17.8 Å². The molecule has 0 saturated carbocycles. The fourth-order valence-electron chi connectivity index (χ4n) is 2.20. The Hall–Kier alpha value is -3.28. The molecule has 0 bridgehead atoms. The Bertz CT molecular complexity index is 914. The number of hydrogen-bond donors (Lipinski definition) is 1. The van der Waals surface area contributed by atoms with Gasteiger partial charge in [-0.25, -0.2) is 13.2 Å². The van der Waals surface area contributed by atoms with Gasteiger partial charge in [-0.3, -0.25) is 5.43 Å². The highest BCUT2D eigenvalue weighted by molar-refractivity contribution is 5.80. The molecular weight excluding hydrogens is 341 g/mol. The smallest absolute Gasteiger partial charge is 0.165 e. The second-order valence-corrected chi connectivity index (χ2v) is 5.46. The lowest BCUT2D eigenvalue weighted by atomic mass is 10.2. The molecule has 0 aromatic heterocycles. The van der Waals surface area contributed by atoms with Crippen LogP contribution in [0.5, 0.6) is 5.75 Å². The van der Waals surface area contributed by atoms with Crippen molar-refractivity contribution in [2.75, 3.05) is 5.43 Å². The van der Waals surface area contributed by atoms with Gasteiger partial charge in [0.05, 0.1) is 11.9 Å². The minimum absolute atomic E-state index is 0.0166. The van der Waals surface area contributed by atoms with Gasteiger partial charge < -0.3 is 4.74 Å². The van der Waals surface area contributed by atoms with Crippen LogP contribution in [0.2, 0.25) is 0 Å². The molecule has 0 aliphatic carbocycles. The molecule has 3 aromatic rings. The third kappa shape index (κ3) is 4.63. The quantitative estimate of drug-likeness (QED) is 0.491. The average molecular weight is 356 g/mol. The van der Waals surface area contributed by atoms with Crippen molar-refractivity contribution in [3.8, 4) is 5.75 Å². The molecule has 132 valence electrons. The van der Waals surface area contributed by atoms with Crippen LogP contribution in [0.15, 0.2) is 71.8 Å². The maximum atomic E-state index is 14.1. The molecule has 0 spiro atoms. The van der Waals surface area contributed by atoms with Crippen molar-refractivity contribution in [2.45, 2.75) is 6.61 Å². The van der Waals surface area contributed by atoms with Crippen molar-refractivity contribution in [3.05, 3.63) is 95.3 Å². The lowest BCUT2D eigenvalue weighted by Gasteiger charge is -2.08. The Morgan fingerprint density at radius 3 is 2.38 bits per heavy atom. The van der Waals surface area contributed by atoms with Gasteiger partial charge in [0.2, 0.25) is 0 Å². The van der Waals surface area contributed by atoms with E-state index in [0.29, 0.717) is 11.1 Å². The summed E-state index contributed by atoms with van der Waals surface area (Å²) in [5.41, 5.74) is 4.60. The van der Waals surface area contributed by atoms with Crippen molar-refractivity contribution in [1.82, 2.24) is 0 Å². The van der Waals surface area contributed by atoms with Crippen LogP contribution in [0.4, 0.5) is 18.9 Å². The zero-order valence-corrected chi connectivity index (χ0v) is 13.6. The largest absolute Gasteiger partial charge is 0.486 e. The molecule has 0 atom stereocenters. The van der Waals surface area contributed by atoms with E-state index in [1.54, 1.807) is 6.07 Å². The van der Waals surface area contributed by atoms with Gasteiger partial charge in [0.15, 0.2) is 23.2 Å². The number of nitrogens with one attached hydrogen (secondary N) is 1. The van der Waals surface area contributed by atoms with E-state index in [1.165, 1.54) is 24.4 Å². The summed E-state index contributed by atoms with van der Waals surface area (Å²) in [5.74, 6) is -2.46. The standard InChI is InChI=1S/C20H15F3N2O/c21-17-8-6-15(11-18(17)22)13-26-20-9-7-14(10-19(20)23)12-24-25-16-4-2-1-3-5-16/h1-12,25H,13H2. The number of halogens is 3. The highest BCUT2D eigenvalue weighted by Crippen LogP contribution is 2.20. The van der Waals surface area contributed by atoms with E-state index in [-0.39, 0.29) is 12.4 Å². The molecule has 3 rings (SSSR count). The molecule has 0 unspecified atom stereocenters. The Morgan fingerprint density at radius 2 is 1.65 bits per heavy atom. The van der Waals surface area contributed by atoms with Crippen LogP contribution in [0.25, 0.3) is 0 Å². The number of hydrazone groups is 1. The third-order valence-corrected chi connectivity index (χ3v) is 3.52. The minimum atomic E-state index is -0.968. The minimum Gasteiger partial charge on any atom is -0.486 e. The number of anilines is 1. The van der Waals surface area contributed by atoms with E-state index >= 15 is 0 Å². The van der Waals surface area contributed by atoms with Gasteiger partial charge in [-0.1, -0.05) is 24.3 Å². The molecule has 0 aliphatic rings. The first kappa shape index (κ1) is 17.5. The summed E-state index contributed by atoms with van der Waals surface area (Å²) in [5, 5.41) is 4.03. The summed E-state index contributed by atoms with van der Waals surface area (Å²) in [6.45, 7) is -0.0723. The van der Waals surface area contributed by atoms with Gasteiger partial charge in [-0.2, -0.15) is 5.10 Å². The summed E-state index contributed by atoms with van der Waals surface area (Å²) in [4.78, 5) is 0. The highest BCUT2D eigenvalue weighted by Gasteiger charge is 2.07. The predicted octanol–water partition coefficient (Wildman–Crippen LogP) is 5.13. The van der Waals surface area contributed by atoms with Crippen molar-refractivity contribution in [2.24, 2.45) is 5.10 Å². The normalized spacial score (nSPS) is 10.9. The summed E-state index contributed by atoms with van der Waals surface area (Å²) < 4.78 is 45.5. The van der Waals surface area contributed by atoms with Gasteiger partial charge in [0.25, 0.3) is 0 Å². The molecular formula is C20H15F3N2O. The molecule has 6 heteroatoms. The summed E-state index contributed by atoms with van der Waals surface area (Å²) in [6.07, 6.45) is 1.48. The van der Waals surface area contributed by atoms with E-state index in [2.05, 4.69) is 10.5 Å². The zero-order valence-electron chi connectivity index (χ0n) is 13.6. The molecule has 0 saturated heterocycles. The Kier molecular flexibility index (Phi) is 5.53. The molecule has 0 aliphatic heterocycles. The van der Waals surface area contributed by atoms with Gasteiger partial charge in [-0.05, 0) is 53.6 Å². The van der Waals surface area contributed by atoms with Crippen molar-refractivity contribution in [1.29, 1.82) is 0 Å². The lowest BCUT2D eigenvalue weighted by Crippen LogP contribution is -1.99. The fourth-order valence-corrected chi connectivity index (χ4v) is 2.20. The van der Waals surface area contributed by atoms with Crippen LogP contribution < -0.4 is 10.2 Å². The molecule has 1 N–H and O–H groups in total. The van der Waals surface area contributed by atoms with E-state index in [4.69, 9.17) is 4.74 Å². The first-order valence-electron chi connectivity index (χ1n) is 7.82. The Labute approximate surface area is 148 Å². The Balaban J connectivity index is 1.61. The van der Waals surface area contributed by atoms with Crippen molar-refractivity contribution < 1.29 is 17.9 Å². The van der Waals surface area contributed by atoms with E-state index in [1.807, 2.05) is 30.3 Å². The SMILES string of the molecule is Fc1ccc(COc2ccc(C=NNc3ccccc3)cc2F)cc1F. The summed E-state index contributed by atoms with van der Waals surface area (Å²) in [6, 6.07) is 17.1. The van der Waals surface area contributed by atoms with Crippen molar-refractivity contribution in [3.63, 3.8) is 0 Å². The predicted molar refractivity (Wildman–Crippen MR) is 94.7 cm³/mol. The zero-order chi connectivity index (χ0) is 18.4. The molecule has 26 heavy (non-hydrogen) atoms. The Morgan fingerprint density at radius 1 is 0.846 bits per heavy atom. The van der Waals surface area contributed by atoms with Crippen LogP contribution in [0, 0.1) is 17.5 Å². The molecule has 0 radical (unpaired) electrons. The van der Waals surface area contributed by atoms with Crippen LogP contribution in [0.3, 0.4) is 0 Å². The summed E-state index contributed by atoms with van der Waals surface area (Å²) >= 11 is 0. The van der Waals surface area contributed by atoms with E-state index in [9.17, 15) is 13.2 Å².